The Morgan fingerprint density at radius 2 is 2.26 bits per heavy atom. The summed E-state index contributed by atoms with van der Waals surface area (Å²) in [5.41, 5.74) is 6.24. The van der Waals surface area contributed by atoms with Crippen LogP contribution < -0.4 is 15.8 Å². The molecule has 0 unspecified atom stereocenters. The van der Waals surface area contributed by atoms with Gasteiger partial charge in [0.05, 0.1) is 19.2 Å². The van der Waals surface area contributed by atoms with E-state index in [1.807, 2.05) is 0 Å². The van der Waals surface area contributed by atoms with E-state index in [0.717, 1.165) is 0 Å². The molecule has 6 nitrogen and oxygen atoms in total. The highest BCUT2D eigenvalue weighted by atomic mass is 16.5. The highest BCUT2D eigenvalue weighted by Gasteiger charge is 2.03. The lowest BCUT2D eigenvalue weighted by molar-refractivity contribution is -0.116. The number of nitrogens with two attached hydrogens (primary N) is 1. The Balaban J connectivity index is 1.75. The average molecular weight is 258 g/mol. The van der Waals surface area contributed by atoms with Crippen LogP contribution in [-0.2, 0) is 4.79 Å². The Labute approximate surface area is 110 Å². The second-order valence-electron chi connectivity index (χ2n) is 3.81. The number of nitrogens with one attached hydrogen (secondary N) is 1. The first kappa shape index (κ1) is 12.8. The highest BCUT2D eigenvalue weighted by molar-refractivity contribution is 5.89. The fourth-order valence-electron chi connectivity index (χ4n) is 1.43. The standard InChI is InChI=1S/C13H14N4O2/c14-10-2-1-3-11(8-10)19-7-4-13(18)17-12-9-15-5-6-16-12/h1-3,5-6,8-9H,4,7,14H2,(H,16,17,18). The maximum atomic E-state index is 11.6. The van der Waals surface area contributed by atoms with Gasteiger partial charge >= 0.3 is 0 Å². The van der Waals surface area contributed by atoms with Crippen LogP contribution >= 0.6 is 0 Å². The van der Waals surface area contributed by atoms with Gasteiger partial charge in [0.15, 0.2) is 5.82 Å². The van der Waals surface area contributed by atoms with Gasteiger partial charge in [-0.25, -0.2) is 4.98 Å². The lowest BCUT2D eigenvalue weighted by Crippen LogP contribution is -2.16. The number of hydrogen-bond donors (Lipinski definition) is 2. The molecule has 2 rings (SSSR count). The maximum absolute atomic E-state index is 11.6. The number of carbonyl (C=O) groups excluding carboxylic acids is 1. The minimum absolute atomic E-state index is 0.176. The second kappa shape index (κ2) is 6.34. The van der Waals surface area contributed by atoms with Crippen LogP contribution in [-0.4, -0.2) is 22.5 Å². The van der Waals surface area contributed by atoms with E-state index in [4.69, 9.17) is 10.5 Å². The molecule has 0 aliphatic carbocycles. The number of benzene rings is 1. The van der Waals surface area contributed by atoms with Crippen LogP contribution in [0.1, 0.15) is 6.42 Å². The molecule has 0 spiro atoms. The van der Waals surface area contributed by atoms with E-state index in [2.05, 4.69) is 15.3 Å². The van der Waals surface area contributed by atoms with Crippen LogP contribution in [0.25, 0.3) is 0 Å². The molecule has 1 heterocycles. The molecule has 3 N–H and O–H groups in total. The molecule has 19 heavy (non-hydrogen) atoms. The summed E-state index contributed by atoms with van der Waals surface area (Å²) in [5.74, 6) is 0.896. The average Bonchev–Trinajstić information content (AvgIpc) is 2.40. The minimum Gasteiger partial charge on any atom is -0.493 e. The molecule has 0 bridgehead atoms. The van der Waals surface area contributed by atoms with Gasteiger partial charge in [0.25, 0.3) is 0 Å². The lowest BCUT2D eigenvalue weighted by atomic mass is 10.3. The Bertz CT molecular complexity index is 545. The number of nitrogen functional groups attached to an aromatic ring is 1. The monoisotopic (exact) mass is 258 g/mol. The van der Waals surface area contributed by atoms with Gasteiger partial charge in [0.2, 0.25) is 5.91 Å². The highest BCUT2D eigenvalue weighted by Crippen LogP contribution is 2.14. The van der Waals surface area contributed by atoms with Gasteiger partial charge in [-0.05, 0) is 12.1 Å². The summed E-state index contributed by atoms with van der Waals surface area (Å²) in [6.07, 6.45) is 4.76. The molecule has 1 amide bonds. The molecule has 0 saturated heterocycles. The molecular weight excluding hydrogens is 244 g/mol. The molecule has 0 radical (unpaired) electrons. The van der Waals surface area contributed by atoms with Gasteiger partial charge < -0.3 is 15.8 Å². The van der Waals surface area contributed by atoms with E-state index < -0.39 is 0 Å². The third-order valence-corrected chi connectivity index (χ3v) is 2.29. The Morgan fingerprint density at radius 1 is 1.37 bits per heavy atom. The predicted octanol–water partition coefficient (Wildman–Crippen LogP) is 1.47. The molecule has 0 atom stereocenters. The van der Waals surface area contributed by atoms with Crippen molar-refractivity contribution >= 4 is 17.4 Å². The molecule has 6 heteroatoms. The summed E-state index contributed by atoms with van der Waals surface area (Å²) < 4.78 is 5.42. The van der Waals surface area contributed by atoms with Crippen molar-refractivity contribution in [2.24, 2.45) is 0 Å². The van der Waals surface area contributed by atoms with Crippen molar-refractivity contribution in [3.8, 4) is 5.75 Å². The van der Waals surface area contributed by atoms with Crippen LogP contribution in [0.2, 0.25) is 0 Å². The van der Waals surface area contributed by atoms with Crippen molar-refractivity contribution in [2.45, 2.75) is 6.42 Å². The van der Waals surface area contributed by atoms with Gasteiger partial charge in [-0.15, -0.1) is 0 Å². The van der Waals surface area contributed by atoms with E-state index in [1.54, 1.807) is 30.5 Å². The van der Waals surface area contributed by atoms with Crippen molar-refractivity contribution in [2.75, 3.05) is 17.7 Å². The number of amides is 1. The van der Waals surface area contributed by atoms with Crippen LogP contribution in [0.5, 0.6) is 5.75 Å². The largest absolute Gasteiger partial charge is 0.493 e. The topological polar surface area (TPSA) is 90.1 Å². The quantitative estimate of drug-likeness (QED) is 0.792. The van der Waals surface area contributed by atoms with Crippen molar-refractivity contribution < 1.29 is 9.53 Å². The Kier molecular flexibility index (Phi) is 4.28. The molecule has 2 aromatic rings. The summed E-state index contributed by atoms with van der Waals surface area (Å²) in [7, 11) is 0. The van der Waals surface area contributed by atoms with Gasteiger partial charge in [0, 0.05) is 24.1 Å². The van der Waals surface area contributed by atoms with Gasteiger partial charge in [-0.2, -0.15) is 0 Å². The fourth-order valence-corrected chi connectivity index (χ4v) is 1.43. The molecular formula is C13H14N4O2. The molecule has 0 fully saturated rings. The number of rotatable bonds is 5. The number of carbonyl (C=O) groups is 1. The fraction of sp³-hybridized carbons (Fsp3) is 0.154. The molecule has 1 aromatic carbocycles. The summed E-state index contributed by atoms with van der Waals surface area (Å²) >= 11 is 0. The SMILES string of the molecule is Nc1cccc(OCCC(=O)Nc2cnccn2)c1. The van der Waals surface area contributed by atoms with Crippen LogP contribution in [0.4, 0.5) is 11.5 Å². The minimum atomic E-state index is -0.176. The molecule has 98 valence electrons. The van der Waals surface area contributed by atoms with E-state index >= 15 is 0 Å². The first-order chi connectivity index (χ1) is 9.24. The molecule has 1 aromatic heterocycles. The summed E-state index contributed by atoms with van der Waals surface area (Å²) in [5, 5.41) is 2.62. The molecule has 0 saturated carbocycles. The van der Waals surface area contributed by atoms with Crippen LogP contribution in [0.3, 0.4) is 0 Å². The number of aromatic nitrogens is 2. The zero-order valence-corrected chi connectivity index (χ0v) is 10.2. The first-order valence-corrected chi connectivity index (χ1v) is 5.78. The van der Waals surface area contributed by atoms with E-state index in [0.29, 0.717) is 17.3 Å². The van der Waals surface area contributed by atoms with E-state index in [9.17, 15) is 4.79 Å². The number of anilines is 2. The van der Waals surface area contributed by atoms with Gasteiger partial charge in [0.1, 0.15) is 5.75 Å². The maximum Gasteiger partial charge on any atom is 0.228 e. The number of nitrogens with zero attached hydrogens (tertiary/aromatic N) is 2. The van der Waals surface area contributed by atoms with Crippen molar-refractivity contribution in [3.05, 3.63) is 42.9 Å². The van der Waals surface area contributed by atoms with E-state index in [-0.39, 0.29) is 18.9 Å². The normalized spacial score (nSPS) is 9.89. The predicted molar refractivity (Wildman–Crippen MR) is 71.6 cm³/mol. The smallest absolute Gasteiger partial charge is 0.228 e. The first-order valence-electron chi connectivity index (χ1n) is 5.78. The number of hydrogen-bond acceptors (Lipinski definition) is 5. The zero-order valence-electron chi connectivity index (χ0n) is 10.2. The summed E-state index contributed by atoms with van der Waals surface area (Å²) in [4.78, 5) is 19.4. The third-order valence-electron chi connectivity index (χ3n) is 2.29. The van der Waals surface area contributed by atoms with Gasteiger partial charge in [-0.3, -0.25) is 9.78 Å². The lowest BCUT2D eigenvalue weighted by Gasteiger charge is -2.07. The van der Waals surface area contributed by atoms with Crippen LogP contribution in [0.15, 0.2) is 42.9 Å². The van der Waals surface area contributed by atoms with Crippen LogP contribution in [0, 0.1) is 0 Å². The molecule has 0 aliphatic heterocycles. The summed E-state index contributed by atoms with van der Waals surface area (Å²) in [6.45, 7) is 0.273. The van der Waals surface area contributed by atoms with Crippen molar-refractivity contribution in [1.82, 2.24) is 9.97 Å². The van der Waals surface area contributed by atoms with E-state index in [1.165, 1.54) is 12.4 Å². The Hall–Kier alpha value is -2.63. The van der Waals surface area contributed by atoms with Crippen molar-refractivity contribution in [1.29, 1.82) is 0 Å². The number of ether oxygens (including phenoxy) is 1. The summed E-state index contributed by atoms with van der Waals surface area (Å²) in [6, 6.07) is 7.06. The second-order valence-corrected chi connectivity index (χ2v) is 3.81. The zero-order chi connectivity index (χ0) is 13.5. The van der Waals surface area contributed by atoms with Crippen molar-refractivity contribution in [3.63, 3.8) is 0 Å². The van der Waals surface area contributed by atoms with Gasteiger partial charge in [-0.1, -0.05) is 6.07 Å². The molecule has 0 aliphatic rings. The third kappa shape index (κ3) is 4.27. The Morgan fingerprint density at radius 3 is 3.00 bits per heavy atom.